The smallest absolute Gasteiger partial charge is 0.104 e. The van der Waals surface area contributed by atoms with Gasteiger partial charge in [0.25, 0.3) is 0 Å². The fourth-order valence-electron chi connectivity index (χ4n) is 2.61. The van der Waals surface area contributed by atoms with E-state index in [9.17, 15) is 0 Å². The van der Waals surface area contributed by atoms with Crippen LogP contribution in [0.25, 0.3) is 6.08 Å². The van der Waals surface area contributed by atoms with Gasteiger partial charge in [0.1, 0.15) is 6.54 Å². The first kappa shape index (κ1) is 17.6. The molecule has 18 heavy (non-hydrogen) atoms. The molecule has 1 aromatic rings. The number of quaternary nitrogens is 1. The third-order valence-corrected chi connectivity index (χ3v) is 3.28. The lowest BCUT2D eigenvalue weighted by molar-refractivity contribution is -0.922. The summed E-state index contributed by atoms with van der Waals surface area (Å²) in [5.74, 6) is 0. The van der Waals surface area contributed by atoms with E-state index in [4.69, 9.17) is 0 Å². The van der Waals surface area contributed by atoms with Crippen LogP contribution >= 0.6 is 0 Å². The van der Waals surface area contributed by atoms with Crippen LogP contribution in [0.15, 0.2) is 30.8 Å². The summed E-state index contributed by atoms with van der Waals surface area (Å²) in [6.07, 6.45) is 4.42. The molecule has 2 heteroatoms. The lowest BCUT2D eigenvalue weighted by atomic mass is 10.1. The number of rotatable bonds is 7. The van der Waals surface area contributed by atoms with Crippen molar-refractivity contribution in [2.45, 2.75) is 33.2 Å². The minimum absolute atomic E-state index is 0. The Hall–Kier alpha value is -0.350. The minimum atomic E-state index is 0. The number of hydrogen-bond acceptors (Lipinski definition) is 0. The highest BCUT2D eigenvalue weighted by atomic mass is 127. The molecule has 0 N–H and O–H groups in total. The van der Waals surface area contributed by atoms with Crippen molar-refractivity contribution in [3.63, 3.8) is 0 Å². The summed E-state index contributed by atoms with van der Waals surface area (Å²) in [4.78, 5) is 0. The molecule has 0 saturated heterocycles. The molecule has 0 aliphatic heterocycles. The van der Waals surface area contributed by atoms with E-state index in [0.29, 0.717) is 0 Å². The quantitative estimate of drug-likeness (QED) is 0.505. The Morgan fingerprint density at radius 2 is 1.78 bits per heavy atom. The van der Waals surface area contributed by atoms with Gasteiger partial charge in [0.15, 0.2) is 0 Å². The molecule has 0 radical (unpaired) electrons. The SMILES string of the molecule is C=Cc1cccc(C[N+](C)(CCC)CCC)c1.[I-]. The average molecular weight is 359 g/mol. The van der Waals surface area contributed by atoms with Crippen LogP contribution in [-0.2, 0) is 6.54 Å². The summed E-state index contributed by atoms with van der Waals surface area (Å²) in [5.41, 5.74) is 2.65. The summed E-state index contributed by atoms with van der Waals surface area (Å²) >= 11 is 0. The minimum Gasteiger partial charge on any atom is -1.00 e. The largest absolute Gasteiger partial charge is 1.00 e. The molecular weight excluding hydrogens is 333 g/mol. The van der Waals surface area contributed by atoms with Crippen molar-refractivity contribution >= 4 is 6.08 Å². The van der Waals surface area contributed by atoms with Crippen LogP contribution in [0.4, 0.5) is 0 Å². The fraction of sp³-hybridized carbons (Fsp3) is 0.500. The van der Waals surface area contributed by atoms with Crippen LogP contribution in [-0.4, -0.2) is 24.6 Å². The summed E-state index contributed by atoms with van der Waals surface area (Å²) in [7, 11) is 2.37. The van der Waals surface area contributed by atoms with Crippen LogP contribution in [0, 0.1) is 0 Å². The first-order valence-electron chi connectivity index (χ1n) is 6.68. The number of hydrogen-bond donors (Lipinski definition) is 0. The zero-order valence-electron chi connectivity index (χ0n) is 12.0. The molecule has 0 atom stereocenters. The third kappa shape index (κ3) is 5.53. The van der Waals surface area contributed by atoms with Gasteiger partial charge in [-0.3, -0.25) is 0 Å². The van der Waals surface area contributed by atoms with Crippen LogP contribution < -0.4 is 24.0 Å². The highest BCUT2D eigenvalue weighted by molar-refractivity contribution is 5.47. The molecule has 0 unspecified atom stereocenters. The molecule has 0 fully saturated rings. The van der Waals surface area contributed by atoms with Gasteiger partial charge in [0.05, 0.1) is 20.1 Å². The number of halogens is 1. The van der Waals surface area contributed by atoms with Crippen LogP contribution in [0.3, 0.4) is 0 Å². The zero-order chi connectivity index (χ0) is 12.7. The Bertz CT molecular complexity index is 354. The first-order valence-corrected chi connectivity index (χ1v) is 6.68. The lowest BCUT2D eigenvalue weighted by Crippen LogP contribution is -3.00. The summed E-state index contributed by atoms with van der Waals surface area (Å²) < 4.78 is 1.15. The topological polar surface area (TPSA) is 0 Å². The second-order valence-electron chi connectivity index (χ2n) is 5.17. The van der Waals surface area contributed by atoms with Crippen molar-refractivity contribution in [1.29, 1.82) is 0 Å². The Morgan fingerprint density at radius 1 is 1.17 bits per heavy atom. The van der Waals surface area contributed by atoms with E-state index in [-0.39, 0.29) is 24.0 Å². The monoisotopic (exact) mass is 359 g/mol. The van der Waals surface area contributed by atoms with Gasteiger partial charge < -0.3 is 28.5 Å². The van der Waals surface area contributed by atoms with Gasteiger partial charge in [-0.15, -0.1) is 0 Å². The van der Waals surface area contributed by atoms with Gasteiger partial charge in [0, 0.05) is 5.56 Å². The van der Waals surface area contributed by atoms with Gasteiger partial charge in [-0.25, -0.2) is 0 Å². The van der Waals surface area contributed by atoms with Crippen molar-refractivity contribution in [2.24, 2.45) is 0 Å². The van der Waals surface area contributed by atoms with Crippen molar-refractivity contribution < 1.29 is 28.5 Å². The van der Waals surface area contributed by atoms with Gasteiger partial charge in [-0.05, 0) is 24.5 Å². The van der Waals surface area contributed by atoms with E-state index >= 15 is 0 Å². The fourth-order valence-corrected chi connectivity index (χ4v) is 2.61. The third-order valence-electron chi connectivity index (χ3n) is 3.28. The molecule has 0 amide bonds. The van der Waals surface area contributed by atoms with Crippen molar-refractivity contribution in [3.05, 3.63) is 42.0 Å². The molecule has 0 spiro atoms. The van der Waals surface area contributed by atoms with E-state index in [1.807, 2.05) is 6.08 Å². The maximum atomic E-state index is 3.84. The van der Waals surface area contributed by atoms with Gasteiger partial charge in [-0.1, -0.05) is 44.7 Å². The van der Waals surface area contributed by atoms with Gasteiger partial charge in [0.2, 0.25) is 0 Å². The van der Waals surface area contributed by atoms with Crippen molar-refractivity contribution in [2.75, 3.05) is 20.1 Å². The molecule has 1 rings (SSSR count). The standard InChI is InChI=1S/C16H26N.HI/c1-5-11-17(4,12-6-2)14-16-10-8-9-15(7-3)13-16;/h7-10,13H,3,5-6,11-12,14H2,1-2,4H3;1H/q+1;/p-1. The second-order valence-corrected chi connectivity index (χ2v) is 5.17. The summed E-state index contributed by atoms with van der Waals surface area (Å²) in [6.45, 7) is 12.0. The molecule has 1 aromatic carbocycles. The van der Waals surface area contributed by atoms with E-state index < -0.39 is 0 Å². The molecule has 0 saturated carbocycles. The maximum absolute atomic E-state index is 3.84. The molecule has 0 aromatic heterocycles. The molecule has 0 bridgehead atoms. The zero-order valence-corrected chi connectivity index (χ0v) is 14.1. The molecule has 0 aliphatic carbocycles. The number of nitrogens with zero attached hydrogens (tertiary/aromatic N) is 1. The second kappa shape index (κ2) is 8.70. The maximum Gasteiger partial charge on any atom is 0.104 e. The van der Waals surface area contributed by atoms with Crippen LogP contribution in [0.1, 0.15) is 37.8 Å². The van der Waals surface area contributed by atoms with E-state index in [1.165, 1.54) is 37.1 Å². The summed E-state index contributed by atoms with van der Waals surface area (Å²) in [6, 6.07) is 8.73. The Morgan fingerprint density at radius 3 is 2.28 bits per heavy atom. The summed E-state index contributed by atoms with van der Waals surface area (Å²) in [5, 5.41) is 0. The predicted octanol–water partition coefficient (Wildman–Crippen LogP) is 1.10. The Kier molecular flexibility index (Phi) is 8.53. The number of benzene rings is 1. The van der Waals surface area contributed by atoms with Gasteiger partial charge >= 0.3 is 0 Å². The predicted molar refractivity (Wildman–Crippen MR) is 76.7 cm³/mol. The first-order chi connectivity index (χ1) is 8.13. The van der Waals surface area contributed by atoms with Crippen molar-refractivity contribution in [3.8, 4) is 0 Å². The Balaban J connectivity index is 0.00000289. The lowest BCUT2D eigenvalue weighted by Gasteiger charge is -2.34. The Labute approximate surface area is 130 Å². The molecule has 0 aliphatic rings. The molecule has 1 nitrogen and oxygen atoms in total. The van der Waals surface area contributed by atoms with Crippen molar-refractivity contribution in [1.82, 2.24) is 0 Å². The van der Waals surface area contributed by atoms with E-state index in [0.717, 1.165) is 11.0 Å². The van der Waals surface area contributed by atoms with E-state index in [1.54, 1.807) is 0 Å². The van der Waals surface area contributed by atoms with Crippen LogP contribution in [0.5, 0.6) is 0 Å². The van der Waals surface area contributed by atoms with Gasteiger partial charge in [-0.2, -0.15) is 0 Å². The van der Waals surface area contributed by atoms with Crippen LogP contribution in [0.2, 0.25) is 0 Å². The highest BCUT2D eigenvalue weighted by Crippen LogP contribution is 2.15. The highest BCUT2D eigenvalue weighted by Gasteiger charge is 2.19. The molecular formula is C16H26IN. The average Bonchev–Trinajstić information content (AvgIpc) is 2.29. The van der Waals surface area contributed by atoms with E-state index in [2.05, 4.69) is 51.7 Å². The normalized spacial score (nSPS) is 10.8. The molecule has 0 heterocycles. The molecule has 102 valence electrons.